The minimum atomic E-state index is -1.08. The van der Waals surface area contributed by atoms with Crippen molar-refractivity contribution < 1.29 is 24.6 Å². The molecule has 6 nitrogen and oxygen atoms in total. The maximum Gasteiger partial charge on any atom is 0.326 e. The molecule has 1 amide bonds. The number of carboxylic acid groups (broad SMARTS) is 2. The fraction of sp³-hybridized carbons (Fsp3) is 0.750. The molecule has 104 valence electrons. The molecule has 0 spiro atoms. The number of carbonyl (C=O) groups is 3. The minimum absolute atomic E-state index is 0.0505. The second-order valence-electron chi connectivity index (χ2n) is 4.12. The summed E-state index contributed by atoms with van der Waals surface area (Å²) in [6.45, 7) is 3.60. The van der Waals surface area contributed by atoms with Crippen LogP contribution in [0.15, 0.2) is 0 Å². The van der Waals surface area contributed by atoms with Crippen molar-refractivity contribution in [1.82, 2.24) is 4.90 Å². The fourth-order valence-corrected chi connectivity index (χ4v) is 1.71. The Morgan fingerprint density at radius 3 is 2.06 bits per heavy atom. The first-order valence-corrected chi connectivity index (χ1v) is 6.18. The lowest BCUT2D eigenvalue weighted by Crippen LogP contribution is -2.46. The zero-order chi connectivity index (χ0) is 14.1. The molecule has 0 aromatic carbocycles. The standard InChI is InChI=1S/C12H21NO5/c1-3-5-9(12(17)18)13(8-7-11(15)16)10(14)6-4-2/h9H,3-8H2,1-2H3,(H,15,16)(H,17,18). The van der Waals surface area contributed by atoms with Gasteiger partial charge in [0.2, 0.25) is 5.91 Å². The number of carboxylic acids is 2. The summed E-state index contributed by atoms with van der Waals surface area (Å²) >= 11 is 0. The largest absolute Gasteiger partial charge is 0.481 e. The number of nitrogens with zero attached hydrogens (tertiary/aromatic N) is 1. The summed E-state index contributed by atoms with van der Waals surface area (Å²) in [5.41, 5.74) is 0. The Hall–Kier alpha value is -1.59. The van der Waals surface area contributed by atoms with Crippen molar-refractivity contribution in [2.75, 3.05) is 6.54 Å². The third kappa shape index (κ3) is 5.65. The van der Waals surface area contributed by atoms with Gasteiger partial charge >= 0.3 is 11.9 Å². The number of rotatable bonds is 9. The molecule has 0 fully saturated rings. The highest BCUT2D eigenvalue weighted by atomic mass is 16.4. The smallest absolute Gasteiger partial charge is 0.326 e. The second-order valence-corrected chi connectivity index (χ2v) is 4.12. The Bertz CT molecular complexity index is 303. The van der Waals surface area contributed by atoms with Crippen LogP contribution >= 0.6 is 0 Å². The van der Waals surface area contributed by atoms with Gasteiger partial charge in [0.15, 0.2) is 0 Å². The lowest BCUT2D eigenvalue weighted by atomic mass is 10.1. The number of aliphatic carboxylic acids is 2. The summed E-state index contributed by atoms with van der Waals surface area (Å²) < 4.78 is 0. The van der Waals surface area contributed by atoms with Crippen molar-refractivity contribution >= 4 is 17.8 Å². The van der Waals surface area contributed by atoms with Crippen LogP contribution in [0.1, 0.15) is 46.0 Å². The van der Waals surface area contributed by atoms with Crippen LogP contribution < -0.4 is 0 Å². The summed E-state index contributed by atoms with van der Waals surface area (Å²) in [6, 6.07) is -0.923. The van der Waals surface area contributed by atoms with Crippen LogP contribution in [0.4, 0.5) is 0 Å². The quantitative estimate of drug-likeness (QED) is 0.651. The van der Waals surface area contributed by atoms with Crippen LogP contribution in [-0.4, -0.2) is 45.5 Å². The van der Waals surface area contributed by atoms with E-state index in [1.54, 1.807) is 0 Å². The summed E-state index contributed by atoms with van der Waals surface area (Å²) in [6.07, 6.45) is 1.58. The maximum absolute atomic E-state index is 11.8. The lowest BCUT2D eigenvalue weighted by molar-refractivity contribution is -0.151. The lowest BCUT2D eigenvalue weighted by Gasteiger charge is -2.28. The zero-order valence-electron chi connectivity index (χ0n) is 10.9. The Morgan fingerprint density at radius 1 is 1.06 bits per heavy atom. The van der Waals surface area contributed by atoms with Crippen LogP contribution in [0.5, 0.6) is 0 Å². The molecule has 0 bridgehead atoms. The molecule has 0 rings (SSSR count). The summed E-state index contributed by atoms with van der Waals surface area (Å²) in [5.74, 6) is -2.41. The summed E-state index contributed by atoms with van der Waals surface area (Å²) in [7, 11) is 0. The highest BCUT2D eigenvalue weighted by Gasteiger charge is 2.28. The number of carbonyl (C=O) groups excluding carboxylic acids is 1. The molecule has 1 atom stereocenters. The molecule has 1 unspecified atom stereocenters. The number of hydrogen-bond acceptors (Lipinski definition) is 3. The second kappa shape index (κ2) is 8.49. The molecular formula is C12H21NO5. The normalized spacial score (nSPS) is 11.9. The molecule has 0 saturated heterocycles. The van der Waals surface area contributed by atoms with E-state index in [-0.39, 0.29) is 25.3 Å². The van der Waals surface area contributed by atoms with E-state index in [0.29, 0.717) is 19.3 Å². The molecule has 18 heavy (non-hydrogen) atoms. The first kappa shape index (κ1) is 16.4. The third-order valence-electron chi connectivity index (χ3n) is 2.57. The van der Waals surface area contributed by atoms with E-state index in [4.69, 9.17) is 10.2 Å². The SMILES string of the molecule is CCCC(=O)N(CCC(=O)O)C(CCC)C(=O)O. The first-order chi connectivity index (χ1) is 8.43. The monoisotopic (exact) mass is 259 g/mol. The van der Waals surface area contributed by atoms with Gasteiger partial charge in [0.25, 0.3) is 0 Å². The van der Waals surface area contributed by atoms with Crippen LogP contribution in [0.2, 0.25) is 0 Å². The predicted molar refractivity (Wildman–Crippen MR) is 65.2 cm³/mol. The van der Waals surface area contributed by atoms with Gasteiger partial charge in [-0.2, -0.15) is 0 Å². The molecule has 0 saturated carbocycles. The molecule has 2 N–H and O–H groups in total. The molecular weight excluding hydrogens is 238 g/mol. The van der Waals surface area contributed by atoms with Crippen molar-refractivity contribution in [3.63, 3.8) is 0 Å². The van der Waals surface area contributed by atoms with Gasteiger partial charge in [-0.3, -0.25) is 9.59 Å². The summed E-state index contributed by atoms with van der Waals surface area (Å²) in [4.78, 5) is 34.7. The number of amides is 1. The Balaban J connectivity index is 4.83. The predicted octanol–water partition coefficient (Wildman–Crippen LogP) is 1.34. The average molecular weight is 259 g/mol. The van der Waals surface area contributed by atoms with Crippen molar-refractivity contribution in [2.24, 2.45) is 0 Å². The van der Waals surface area contributed by atoms with Gasteiger partial charge in [0.1, 0.15) is 6.04 Å². The Morgan fingerprint density at radius 2 is 1.67 bits per heavy atom. The molecule has 0 aliphatic rings. The minimum Gasteiger partial charge on any atom is -0.481 e. The highest BCUT2D eigenvalue weighted by Crippen LogP contribution is 2.11. The van der Waals surface area contributed by atoms with Gasteiger partial charge in [-0.25, -0.2) is 4.79 Å². The molecule has 0 heterocycles. The Labute approximate surface area is 107 Å². The van der Waals surface area contributed by atoms with E-state index in [1.165, 1.54) is 4.90 Å². The van der Waals surface area contributed by atoms with E-state index in [1.807, 2.05) is 13.8 Å². The van der Waals surface area contributed by atoms with E-state index in [0.717, 1.165) is 0 Å². The van der Waals surface area contributed by atoms with Crippen molar-refractivity contribution in [3.8, 4) is 0 Å². The van der Waals surface area contributed by atoms with Crippen LogP contribution in [0, 0.1) is 0 Å². The maximum atomic E-state index is 11.8. The van der Waals surface area contributed by atoms with Gasteiger partial charge in [-0.05, 0) is 12.8 Å². The summed E-state index contributed by atoms with van der Waals surface area (Å²) in [5, 5.41) is 17.8. The van der Waals surface area contributed by atoms with E-state index >= 15 is 0 Å². The van der Waals surface area contributed by atoms with Crippen molar-refractivity contribution in [1.29, 1.82) is 0 Å². The van der Waals surface area contributed by atoms with E-state index < -0.39 is 18.0 Å². The fourth-order valence-electron chi connectivity index (χ4n) is 1.71. The van der Waals surface area contributed by atoms with Gasteiger partial charge < -0.3 is 15.1 Å². The molecule has 0 radical (unpaired) electrons. The molecule has 6 heteroatoms. The van der Waals surface area contributed by atoms with Crippen molar-refractivity contribution in [2.45, 2.75) is 52.0 Å². The molecule has 0 aromatic rings. The molecule has 0 aliphatic heterocycles. The van der Waals surface area contributed by atoms with Gasteiger partial charge in [-0.15, -0.1) is 0 Å². The molecule has 0 aromatic heterocycles. The molecule has 0 aliphatic carbocycles. The van der Waals surface area contributed by atoms with Crippen LogP contribution in [0.25, 0.3) is 0 Å². The van der Waals surface area contributed by atoms with Gasteiger partial charge in [0.05, 0.1) is 6.42 Å². The highest BCUT2D eigenvalue weighted by molar-refractivity contribution is 5.84. The topological polar surface area (TPSA) is 94.9 Å². The van der Waals surface area contributed by atoms with Crippen LogP contribution in [-0.2, 0) is 14.4 Å². The third-order valence-corrected chi connectivity index (χ3v) is 2.57. The van der Waals surface area contributed by atoms with E-state index in [9.17, 15) is 14.4 Å². The van der Waals surface area contributed by atoms with Gasteiger partial charge in [-0.1, -0.05) is 20.3 Å². The average Bonchev–Trinajstić information content (AvgIpc) is 2.27. The Kier molecular flexibility index (Phi) is 7.74. The van der Waals surface area contributed by atoms with Crippen LogP contribution in [0.3, 0.4) is 0 Å². The van der Waals surface area contributed by atoms with Gasteiger partial charge in [0, 0.05) is 13.0 Å². The van der Waals surface area contributed by atoms with Crippen molar-refractivity contribution in [3.05, 3.63) is 0 Å². The zero-order valence-corrected chi connectivity index (χ0v) is 10.9. The first-order valence-electron chi connectivity index (χ1n) is 6.18. The number of hydrogen-bond donors (Lipinski definition) is 2. The van der Waals surface area contributed by atoms with E-state index in [2.05, 4.69) is 0 Å².